The Balaban J connectivity index is 1.76. The summed E-state index contributed by atoms with van der Waals surface area (Å²) in [5.74, 6) is 2.29. The molecule has 1 aliphatic carbocycles. The molecule has 23 heavy (non-hydrogen) atoms. The second-order valence-corrected chi connectivity index (χ2v) is 5.37. The number of ether oxygens (including phenoxy) is 1. The molecule has 4 heteroatoms. The van der Waals surface area contributed by atoms with Crippen LogP contribution in [0.1, 0.15) is 17.0 Å². The quantitative estimate of drug-likeness (QED) is 0.853. The molecule has 2 N–H and O–H groups in total. The Bertz CT molecular complexity index is 718. The molecule has 4 nitrogen and oxygen atoms in total. The van der Waals surface area contributed by atoms with Crippen molar-refractivity contribution in [3.63, 3.8) is 0 Å². The molecule has 0 saturated heterocycles. The van der Waals surface area contributed by atoms with Crippen molar-refractivity contribution in [3.05, 3.63) is 59.7 Å². The lowest BCUT2D eigenvalue weighted by molar-refractivity contribution is 0.136. The van der Waals surface area contributed by atoms with Gasteiger partial charge < -0.3 is 15.2 Å². The van der Waals surface area contributed by atoms with E-state index in [9.17, 15) is 4.79 Å². The van der Waals surface area contributed by atoms with Crippen LogP contribution in [0.2, 0.25) is 0 Å². The van der Waals surface area contributed by atoms with Gasteiger partial charge in [-0.25, -0.2) is 4.79 Å². The molecule has 2 aromatic rings. The van der Waals surface area contributed by atoms with E-state index in [2.05, 4.69) is 35.5 Å². The standard InChI is InChI=1S/C19H17NO3/c1-2-13(11-21)20-19(22)23-12-18-16-9-5-3-7-14(16)15-8-4-6-10-17(15)18/h1,3-10,13,18,21H,11-12H2,(H,20,22). The monoisotopic (exact) mass is 307 g/mol. The zero-order valence-electron chi connectivity index (χ0n) is 12.5. The highest BCUT2D eigenvalue weighted by Gasteiger charge is 2.29. The number of carbonyl (C=O) groups is 1. The van der Waals surface area contributed by atoms with Crippen molar-refractivity contribution in [2.45, 2.75) is 12.0 Å². The van der Waals surface area contributed by atoms with Crippen LogP contribution in [0, 0.1) is 12.3 Å². The SMILES string of the molecule is C#CC(CO)NC(=O)OCC1c2ccccc2-c2ccccc21. The number of amides is 1. The predicted octanol–water partition coefficient (Wildman–Crippen LogP) is 2.52. The fraction of sp³-hybridized carbons (Fsp3) is 0.211. The summed E-state index contributed by atoms with van der Waals surface area (Å²) < 4.78 is 5.32. The maximum absolute atomic E-state index is 11.8. The Morgan fingerprint density at radius 1 is 1.17 bits per heavy atom. The van der Waals surface area contributed by atoms with E-state index in [4.69, 9.17) is 16.3 Å². The summed E-state index contributed by atoms with van der Waals surface area (Å²) in [7, 11) is 0. The van der Waals surface area contributed by atoms with E-state index in [0.717, 1.165) is 11.1 Å². The molecule has 1 amide bonds. The molecule has 1 aliphatic rings. The molecule has 0 heterocycles. The lowest BCUT2D eigenvalue weighted by Gasteiger charge is -2.15. The minimum atomic E-state index is -0.731. The Hall–Kier alpha value is -2.77. The van der Waals surface area contributed by atoms with E-state index in [1.54, 1.807) is 0 Å². The smallest absolute Gasteiger partial charge is 0.408 e. The largest absolute Gasteiger partial charge is 0.449 e. The first-order valence-electron chi connectivity index (χ1n) is 7.43. The van der Waals surface area contributed by atoms with Gasteiger partial charge in [0.15, 0.2) is 0 Å². The van der Waals surface area contributed by atoms with Crippen LogP contribution in [0.5, 0.6) is 0 Å². The van der Waals surface area contributed by atoms with Crippen LogP contribution in [0.4, 0.5) is 4.79 Å². The van der Waals surface area contributed by atoms with Crippen LogP contribution in [0.15, 0.2) is 48.5 Å². The van der Waals surface area contributed by atoms with Crippen molar-refractivity contribution in [2.75, 3.05) is 13.2 Å². The second-order valence-electron chi connectivity index (χ2n) is 5.37. The molecular weight excluding hydrogens is 290 g/mol. The second kappa shape index (κ2) is 6.55. The number of fused-ring (bicyclic) bond motifs is 3. The highest BCUT2D eigenvalue weighted by Crippen LogP contribution is 2.44. The first-order chi connectivity index (χ1) is 11.2. The van der Waals surface area contributed by atoms with E-state index in [0.29, 0.717) is 0 Å². The van der Waals surface area contributed by atoms with Crippen LogP contribution in [-0.2, 0) is 4.74 Å². The highest BCUT2D eigenvalue weighted by atomic mass is 16.5. The minimum absolute atomic E-state index is 0.00608. The first-order valence-corrected chi connectivity index (χ1v) is 7.43. The predicted molar refractivity (Wildman–Crippen MR) is 87.9 cm³/mol. The fourth-order valence-corrected chi connectivity index (χ4v) is 2.92. The van der Waals surface area contributed by atoms with Gasteiger partial charge in [0.05, 0.1) is 6.61 Å². The maximum Gasteiger partial charge on any atom is 0.408 e. The molecule has 0 fully saturated rings. The van der Waals surface area contributed by atoms with E-state index < -0.39 is 12.1 Å². The summed E-state index contributed by atoms with van der Waals surface area (Å²) >= 11 is 0. The third-order valence-corrected chi connectivity index (χ3v) is 4.02. The minimum Gasteiger partial charge on any atom is -0.449 e. The Labute approximate surface area is 135 Å². The zero-order chi connectivity index (χ0) is 16.2. The maximum atomic E-state index is 11.8. The third-order valence-electron chi connectivity index (χ3n) is 4.02. The first kappa shape index (κ1) is 15.1. The molecule has 3 rings (SSSR count). The number of aliphatic hydroxyl groups excluding tert-OH is 1. The number of alkyl carbamates (subject to hydrolysis) is 1. The summed E-state index contributed by atoms with van der Waals surface area (Å²) in [6, 6.07) is 15.5. The van der Waals surface area contributed by atoms with E-state index in [1.165, 1.54) is 11.1 Å². The molecule has 0 spiro atoms. The van der Waals surface area contributed by atoms with Crippen LogP contribution >= 0.6 is 0 Å². The summed E-state index contributed by atoms with van der Waals surface area (Å²) in [6.07, 6.45) is 4.57. The summed E-state index contributed by atoms with van der Waals surface area (Å²) in [6.45, 7) is -0.0940. The number of terminal acetylenes is 1. The van der Waals surface area contributed by atoms with Gasteiger partial charge in [0.1, 0.15) is 12.6 Å². The number of rotatable bonds is 4. The average Bonchev–Trinajstić information content (AvgIpc) is 2.92. The van der Waals surface area contributed by atoms with E-state index >= 15 is 0 Å². The fourth-order valence-electron chi connectivity index (χ4n) is 2.92. The lowest BCUT2D eigenvalue weighted by atomic mass is 9.98. The van der Waals surface area contributed by atoms with E-state index in [-0.39, 0.29) is 19.1 Å². The van der Waals surface area contributed by atoms with Gasteiger partial charge in [-0.1, -0.05) is 54.5 Å². The summed E-state index contributed by atoms with van der Waals surface area (Å²) in [4.78, 5) is 11.8. The Morgan fingerprint density at radius 2 is 1.74 bits per heavy atom. The number of aliphatic hydroxyl groups is 1. The molecule has 2 aromatic carbocycles. The van der Waals surface area contributed by atoms with Crippen LogP contribution in [0.25, 0.3) is 11.1 Å². The molecule has 1 unspecified atom stereocenters. The van der Waals surface area contributed by atoms with Crippen LogP contribution in [0.3, 0.4) is 0 Å². The number of hydrogen-bond acceptors (Lipinski definition) is 3. The third kappa shape index (κ3) is 2.92. The van der Waals surface area contributed by atoms with Gasteiger partial charge >= 0.3 is 6.09 Å². The van der Waals surface area contributed by atoms with Crippen molar-refractivity contribution in [1.29, 1.82) is 0 Å². The van der Waals surface area contributed by atoms with Gasteiger partial charge in [-0.15, -0.1) is 6.42 Å². The molecule has 0 aromatic heterocycles. The van der Waals surface area contributed by atoms with Gasteiger partial charge in [0, 0.05) is 5.92 Å². The number of hydrogen-bond donors (Lipinski definition) is 2. The number of benzene rings is 2. The summed E-state index contributed by atoms with van der Waals surface area (Å²) in [5, 5.41) is 11.4. The van der Waals surface area contributed by atoms with Crippen LogP contribution < -0.4 is 5.32 Å². The van der Waals surface area contributed by atoms with Gasteiger partial charge in [0.2, 0.25) is 0 Å². The molecule has 0 bridgehead atoms. The Kier molecular flexibility index (Phi) is 4.31. The van der Waals surface area contributed by atoms with Crippen molar-refractivity contribution >= 4 is 6.09 Å². The zero-order valence-corrected chi connectivity index (χ0v) is 12.5. The van der Waals surface area contributed by atoms with Gasteiger partial charge in [-0.2, -0.15) is 0 Å². The normalized spacial score (nSPS) is 13.6. The van der Waals surface area contributed by atoms with E-state index in [1.807, 2.05) is 24.3 Å². The molecule has 0 radical (unpaired) electrons. The van der Waals surface area contributed by atoms with Crippen LogP contribution in [-0.4, -0.2) is 30.5 Å². The molecule has 0 saturated carbocycles. The molecule has 1 atom stereocenters. The molecule has 0 aliphatic heterocycles. The topological polar surface area (TPSA) is 58.6 Å². The van der Waals surface area contributed by atoms with Crippen molar-refractivity contribution in [2.24, 2.45) is 0 Å². The molecule has 116 valence electrons. The average molecular weight is 307 g/mol. The lowest BCUT2D eigenvalue weighted by Crippen LogP contribution is -2.37. The van der Waals surface area contributed by atoms with Crippen molar-refractivity contribution in [1.82, 2.24) is 5.32 Å². The number of nitrogens with one attached hydrogen (secondary N) is 1. The number of carbonyl (C=O) groups excluding carboxylic acids is 1. The highest BCUT2D eigenvalue weighted by molar-refractivity contribution is 5.79. The Morgan fingerprint density at radius 3 is 2.26 bits per heavy atom. The van der Waals surface area contributed by atoms with Gasteiger partial charge in [-0.3, -0.25) is 0 Å². The van der Waals surface area contributed by atoms with Crippen molar-refractivity contribution in [3.8, 4) is 23.5 Å². The van der Waals surface area contributed by atoms with Gasteiger partial charge in [-0.05, 0) is 22.3 Å². The van der Waals surface area contributed by atoms with Gasteiger partial charge in [0.25, 0.3) is 0 Å². The van der Waals surface area contributed by atoms with Crippen molar-refractivity contribution < 1.29 is 14.6 Å². The summed E-state index contributed by atoms with van der Waals surface area (Å²) in [5.41, 5.74) is 4.65. The molecular formula is C19H17NO3.